The van der Waals surface area contributed by atoms with Crippen LogP contribution in [0.3, 0.4) is 0 Å². The van der Waals surface area contributed by atoms with Gasteiger partial charge in [0.25, 0.3) is 0 Å². The Morgan fingerprint density at radius 3 is 2.42 bits per heavy atom. The summed E-state index contributed by atoms with van der Waals surface area (Å²) in [6.45, 7) is 0. The second-order valence-electron chi connectivity index (χ2n) is 2.53. The molecule has 1 aromatic carbocycles. The van der Waals surface area contributed by atoms with E-state index < -0.39 is 0 Å². The van der Waals surface area contributed by atoms with E-state index in [-0.39, 0.29) is 0 Å². The number of nitrogens with zero attached hydrogens (tertiary/aromatic N) is 1. The Bertz CT molecular complexity index is 398. The summed E-state index contributed by atoms with van der Waals surface area (Å²) in [5, 5.41) is 0. The van der Waals surface area contributed by atoms with Crippen LogP contribution in [0.5, 0.6) is 0 Å². The van der Waals surface area contributed by atoms with Crippen molar-refractivity contribution in [3.05, 3.63) is 54.8 Å². The third-order valence-electron chi connectivity index (χ3n) is 1.69. The topological polar surface area (TPSA) is 12.9 Å². The number of pyridine rings is 1. The Kier molecular flexibility index (Phi) is 1.58. The normalized spacial score (nSPS) is 10.8. The average Bonchev–Trinajstić information content (AvgIpc) is 2.20. The monoisotopic (exact) mass is 156 g/mol. The lowest BCUT2D eigenvalue weighted by Crippen LogP contribution is -1.76. The molecule has 1 heteroatoms. The van der Waals surface area contributed by atoms with Gasteiger partial charge in [0.1, 0.15) is 0 Å². The minimum atomic E-state index is 0.328. The zero-order valence-corrected chi connectivity index (χ0v) is 6.57. The molecule has 0 fully saturated rings. The van der Waals surface area contributed by atoms with Crippen molar-refractivity contribution in [2.24, 2.45) is 0 Å². The van der Waals surface area contributed by atoms with Crippen LogP contribution in [-0.2, 0) is 0 Å². The van der Waals surface area contributed by atoms with Crippen molar-refractivity contribution in [2.75, 3.05) is 0 Å². The van der Waals surface area contributed by atoms with Crippen LogP contribution < -0.4 is 0 Å². The van der Waals surface area contributed by atoms with Gasteiger partial charge < -0.3 is 0 Å². The molecule has 0 saturated heterocycles. The molecule has 0 unspecified atom stereocenters. The molecule has 0 aliphatic heterocycles. The first kappa shape index (κ1) is 5.95. The lowest BCUT2D eigenvalue weighted by Gasteiger charge is -1.97. The summed E-state index contributed by atoms with van der Waals surface area (Å²) in [5.74, 6) is 0. The number of hydrogen-bond donors (Lipinski definition) is 0. The Balaban J connectivity index is 2.54. The molecule has 0 amide bonds. The minimum absolute atomic E-state index is 0.328. The molecule has 0 atom stereocenters. The van der Waals surface area contributed by atoms with E-state index in [4.69, 9.17) is 1.37 Å². The molecule has 0 radical (unpaired) electrons. The molecule has 58 valence electrons. The highest BCUT2D eigenvalue weighted by Gasteiger charge is 1.92. The fraction of sp³-hybridized carbons (Fsp3) is 0. The summed E-state index contributed by atoms with van der Waals surface area (Å²) >= 11 is 0. The molecule has 2 rings (SSSR count). The quantitative estimate of drug-likeness (QED) is 0.618. The highest BCUT2D eigenvalue weighted by Crippen LogP contribution is 2.16. The molecule has 12 heavy (non-hydrogen) atoms. The predicted octanol–water partition coefficient (Wildman–Crippen LogP) is 2.75. The van der Waals surface area contributed by atoms with Crippen LogP contribution in [0, 0.1) is 0 Å². The third kappa shape index (κ3) is 1.35. The molecule has 1 heterocycles. The van der Waals surface area contributed by atoms with Gasteiger partial charge in [-0.2, -0.15) is 0 Å². The molecule has 0 saturated carbocycles. The molecule has 2 aromatic rings. The van der Waals surface area contributed by atoms with Gasteiger partial charge >= 0.3 is 0 Å². The van der Waals surface area contributed by atoms with Crippen LogP contribution >= 0.6 is 0 Å². The fourth-order valence-electron chi connectivity index (χ4n) is 1.10. The van der Waals surface area contributed by atoms with Gasteiger partial charge in [0.05, 0.1) is 1.37 Å². The second-order valence-corrected chi connectivity index (χ2v) is 2.53. The fourth-order valence-corrected chi connectivity index (χ4v) is 1.10. The van der Waals surface area contributed by atoms with Gasteiger partial charge in [-0.25, -0.2) is 0 Å². The van der Waals surface area contributed by atoms with Gasteiger partial charge in [-0.1, -0.05) is 36.4 Å². The van der Waals surface area contributed by atoms with Gasteiger partial charge in [0, 0.05) is 12.4 Å². The molecular weight excluding hydrogens is 146 g/mol. The SMILES string of the molecule is [2H]c1ncccc1-c1ccccc1. The molecule has 1 aromatic heterocycles. The van der Waals surface area contributed by atoms with Crippen molar-refractivity contribution in [2.45, 2.75) is 0 Å². The molecule has 1 nitrogen and oxygen atoms in total. The van der Waals surface area contributed by atoms with Crippen molar-refractivity contribution >= 4 is 0 Å². The van der Waals surface area contributed by atoms with E-state index in [1.165, 1.54) is 0 Å². The van der Waals surface area contributed by atoms with Crippen molar-refractivity contribution in [3.8, 4) is 11.1 Å². The van der Waals surface area contributed by atoms with Gasteiger partial charge in [0.2, 0.25) is 0 Å². The highest BCUT2D eigenvalue weighted by atomic mass is 14.6. The summed E-state index contributed by atoms with van der Waals surface area (Å²) in [7, 11) is 0. The van der Waals surface area contributed by atoms with Gasteiger partial charge in [-0.3, -0.25) is 4.98 Å². The number of aromatic nitrogens is 1. The zero-order valence-electron chi connectivity index (χ0n) is 7.57. The number of hydrogen-bond acceptors (Lipinski definition) is 1. The number of benzene rings is 1. The Hall–Kier alpha value is -1.63. The zero-order chi connectivity index (χ0) is 9.10. The predicted molar refractivity (Wildman–Crippen MR) is 49.7 cm³/mol. The summed E-state index contributed by atoms with van der Waals surface area (Å²) < 4.78 is 7.60. The Morgan fingerprint density at radius 1 is 0.917 bits per heavy atom. The van der Waals surface area contributed by atoms with Gasteiger partial charge in [-0.05, 0) is 17.2 Å². The first-order valence-electron chi connectivity index (χ1n) is 4.35. The highest BCUT2D eigenvalue weighted by molar-refractivity contribution is 5.61. The van der Waals surface area contributed by atoms with E-state index >= 15 is 0 Å². The lowest BCUT2D eigenvalue weighted by molar-refractivity contribution is 1.33. The van der Waals surface area contributed by atoms with E-state index in [1.807, 2.05) is 42.5 Å². The molecule has 0 aliphatic rings. The largest absolute Gasteiger partial charge is 0.264 e. The van der Waals surface area contributed by atoms with E-state index in [0.717, 1.165) is 11.1 Å². The van der Waals surface area contributed by atoms with Crippen molar-refractivity contribution in [3.63, 3.8) is 0 Å². The molecule has 0 N–H and O–H groups in total. The molecule has 0 spiro atoms. The van der Waals surface area contributed by atoms with E-state index in [0.29, 0.717) is 6.17 Å². The van der Waals surface area contributed by atoms with Gasteiger partial charge in [-0.15, -0.1) is 0 Å². The van der Waals surface area contributed by atoms with Crippen LogP contribution in [0.4, 0.5) is 0 Å². The Morgan fingerprint density at radius 2 is 1.67 bits per heavy atom. The maximum Gasteiger partial charge on any atom is 0.0847 e. The van der Waals surface area contributed by atoms with Crippen molar-refractivity contribution < 1.29 is 1.37 Å². The summed E-state index contributed by atoms with van der Waals surface area (Å²) in [6, 6.07) is 13.6. The third-order valence-corrected chi connectivity index (χ3v) is 1.69. The van der Waals surface area contributed by atoms with Crippen LogP contribution in [-0.4, -0.2) is 4.98 Å². The summed E-state index contributed by atoms with van der Waals surface area (Å²) in [6.07, 6.45) is 1.96. The van der Waals surface area contributed by atoms with Crippen LogP contribution in [0.15, 0.2) is 54.8 Å². The first-order chi connectivity index (χ1) is 6.38. The van der Waals surface area contributed by atoms with Crippen molar-refractivity contribution in [1.29, 1.82) is 0 Å². The maximum absolute atomic E-state index is 7.60. The van der Waals surface area contributed by atoms with Crippen LogP contribution in [0.25, 0.3) is 11.1 Å². The first-order valence-corrected chi connectivity index (χ1v) is 3.85. The maximum atomic E-state index is 7.60. The van der Waals surface area contributed by atoms with E-state index in [1.54, 1.807) is 6.20 Å². The van der Waals surface area contributed by atoms with Gasteiger partial charge in [0.15, 0.2) is 0 Å². The Labute approximate surface area is 73.1 Å². The summed E-state index contributed by atoms with van der Waals surface area (Å²) in [4.78, 5) is 3.92. The minimum Gasteiger partial charge on any atom is -0.264 e. The molecular formula is C11H9N. The average molecular weight is 156 g/mol. The van der Waals surface area contributed by atoms with Crippen LogP contribution in [0.1, 0.15) is 1.37 Å². The standard InChI is InChI=1S/C11H9N/c1-2-5-10(6-3-1)11-7-4-8-12-9-11/h1-9H/i9D. The molecule has 0 aliphatic carbocycles. The van der Waals surface area contributed by atoms with E-state index in [2.05, 4.69) is 4.98 Å². The molecule has 0 bridgehead atoms. The number of rotatable bonds is 1. The lowest BCUT2D eigenvalue weighted by atomic mass is 10.1. The van der Waals surface area contributed by atoms with E-state index in [9.17, 15) is 0 Å². The van der Waals surface area contributed by atoms with Crippen molar-refractivity contribution in [1.82, 2.24) is 4.98 Å². The summed E-state index contributed by atoms with van der Waals surface area (Å²) in [5.41, 5.74) is 1.92. The van der Waals surface area contributed by atoms with Crippen LogP contribution in [0.2, 0.25) is 0 Å². The second kappa shape index (κ2) is 3.18. The smallest absolute Gasteiger partial charge is 0.0847 e.